The van der Waals surface area contributed by atoms with Crippen LogP contribution in [-0.2, 0) is 0 Å². The molecule has 9 heteroatoms. The molecule has 9 nitrogen and oxygen atoms in total. The fourth-order valence-electron chi connectivity index (χ4n) is 5.45. The van der Waals surface area contributed by atoms with Crippen molar-refractivity contribution in [3.63, 3.8) is 0 Å². The van der Waals surface area contributed by atoms with Gasteiger partial charge in [0, 0.05) is 11.1 Å². The summed E-state index contributed by atoms with van der Waals surface area (Å²) in [5.74, 6) is 1.56. The zero-order valence-corrected chi connectivity index (χ0v) is 22.0. The third-order valence-electron chi connectivity index (χ3n) is 7.34. The minimum Gasteiger partial charge on any atom is -0.504 e. The van der Waals surface area contributed by atoms with E-state index in [1.165, 1.54) is 13.2 Å². The van der Waals surface area contributed by atoms with Crippen LogP contribution in [0, 0.1) is 0 Å². The summed E-state index contributed by atoms with van der Waals surface area (Å²) < 4.78 is 29.3. The number of hydrogen-bond acceptors (Lipinski definition) is 9. The third kappa shape index (κ3) is 4.63. The topological polar surface area (TPSA) is 127 Å². The molecule has 0 aromatic heterocycles. The van der Waals surface area contributed by atoms with E-state index in [0.29, 0.717) is 28.7 Å². The fraction of sp³-hybridized carbons (Fsp3) is 0.333. The average molecular weight is 537 g/mol. The van der Waals surface area contributed by atoms with Gasteiger partial charge in [-0.2, -0.15) is 0 Å². The lowest BCUT2D eigenvalue weighted by molar-refractivity contribution is 0.156. The van der Waals surface area contributed by atoms with Gasteiger partial charge in [0.1, 0.15) is 12.2 Å². The van der Waals surface area contributed by atoms with Crippen LogP contribution in [-0.4, -0.2) is 61.6 Å². The number of aliphatic hydroxyl groups is 3. The maximum Gasteiger partial charge on any atom is 0.165 e. The highest BCUT2D eigenvalue weighted by atomic mass is 16.5. The predicted octanol–water partition coefficient (Wildman–Crippen LogP) is 3.84. The number of fused-ring (bicyclic) bond motifs is 2. The van der Waals surface area contributed by atoms with Gasteiger partial charge in [0.25, 0.3) is 0 Å². The van der Waals surface area contributed by atoms with Crippen molar-refractivity contribution in [2.24, 2.45) is 0 Å². The van der Waals surface area contributed by atoms with Crippen LogP contribution >= 0.6 is 0 Å². The summed E-state index contributed by atoms with van der Waals surface area (Å²) in [6.45, 7) is -0.469. The molecule has 4 unspecified atom stereocenters. The van der Waals surface area contributed by atoms with Crippen LogP contribution in [0.15, 0.2) is 48.5 Å². The van der Waals surface area contributed by atoms with E-state index < -0.39 is 24.0 Å². The summed E-state index contributed by atoms with van der Waals surface area (Å²) in [7, 11) is 4.57. The Hall–Kier alpha value is -3.92. The van der Waals surface area contributed by atoms with Crippen LogP contribution in [0.25, 0.3) is 6.08 Å². The van der Waals surface area contributed by atoms with Gasteiger partial charge in [-0.15, -0.1) is 0 Å². The van der Waals surface area contributed by atoms with E-state index in [1.807, 2.05) is 24.3 Å². The molecule has 0 saturated heterocycles. The van der Waals surface area contributed by atoms with E-state index >= 15 is 0 Å². The zero-order chi connectivity index (χ0) is 27.7. The lowest BCUT2D eigenvalue weighted by Crippen LogP contribution is -2.15. The van der Waals surface area contributed by atoms with Gasteiger partial charge < -0.3 is 44.1 Å². The predicted molar refractivity (Wildman–Crippen MR) is 143 cm³/mol. The SMILES string of the molecule is COc1cc(C2Oc3c(OC)cc(C4Oc5c(OC)cc(/C=C/CO)cc5C4CO)cc3C2CO)ccc1O. The van der Waals surface area contributed by atoms with Crippen LogP contribution in [0.5, 0.6) is 34.5 Å². The van der Waals surface area contributed by atoms with Crippen molar-refractivity contribution in [2.45, 2.75) is 24.0 Å². The van der Waals surface area contributed by atoms with Crippen molar-refractivity contribution < 1.29 is 44.1 Å². The highest BCUT2D eigenvalue weighted by Gasteiger charge is 2.42. The highest BCUT2D eigenvalue weighted by Crippen LogP contribution is 2.55. The molecule has 0 saturated carbocycles. The molecule has 2 heterocycles. The van der Waals surface area contributed by atoms with E-state index in [1.54, 1.807) is 38.5 Å². The molecule has 4 N–H and O–H groups in total. The zero-order valence-electron chi connectivity index (χ0n) is 22.0. The molecule has 0 aliphatic carbocycles. The molecule has 2 aliphatic heterocycles. The van der Waals surface area contributed by atoms with Crippen molar-refractivity contribution in [3.05, 3.63) is 76.4 Å². The standard InChI is InChI=1S/C30H32O9/c1-35-24-12-17(6-7-23(24)34)27-22(15-33)20-11-18(13-26(37-3)30(20)38-27)28-21(14-32)19-9-16(5-4-8-31)10-25(36-2)29(19)39-28/h4-7,9-13,21-22,27-28,31-34H,8,14-15H2,1-3H3/b5-4+. The molecule has 3 aromatic rings. The van der Waals surface area contributed by atoms with Gasteiger partial charge >= 0.3 is 0 Å². The molecule has 0 spiro atoms. The van der Waals surface area contributed by atoms with E-state index in [9.17, 15) is 20.4 Å². The lowest BCUT2D eigenvalue weighted by Gasteiger charge is -2.20. The van der Waals surface area contributed by atoms with Crippen molar-refractivity contribution in [1.82, 2.24) is 0 Å². The maximum atomic E-state index is 10.4. The number of phenolic OH excluding ortho intramolecular Hbond substituents is 1. The summed E-state index contributed by atoms with van der Waals surface area (Å²) in [6.07, 6.45) is 2.32. The van der Waals surface area contributed by atoms with Gasteiger partial charge in [0.15, 0.2) is 34.5 Å². The largest absolute Gasteiger partial charge is 0.504 e. The Morgan fingerprint density at radius 1 is 0.718 bits per heavy atom. The van der Waals surface area contributed by atoms with Gasteiger partial charge in [-0.25, -0.2) is 0 Å². The minimum absolute atomic E-state index is 0.00982. The van der Waals surface area contributed by atoms with Crippen LogP contribution < -0.4 is 23.7 Å². The molecule has 0 radical (unpaired) electrons. The number of phenols is 1. The summed E-state index contributed by atoms with van der Waals surface area (Å²) in [5.41, 5.74) is 3.84. The molecule has 39 heavy (non-hydrogen) atoms. The molecule has 0 amide bonds. The molecular formula is C30H32O9. The first-order valence-electron chi connectivity index (χ1n) is 12.6. The van der Waals surface area contributed by atoms with Crippen LogP contribution in [0.4, 0.5) is 0 Å². The molecule has 3 aromatic carbocycles. The summed E-state index contributed by atoms with van der Waals surface area (Å²) in [4.78, 5) is 0. The summed E-state index contributed by atoms with van der Waals surface area (Å²) >= 11 is 0. The van der Waals surface area contributed by atoms with Gasteiger partial charge in [-0.1, -0.05) is 18.2 Å². The molecule has 5 rings (SSSR count). The third-order valence-corrected chi connectivity index (χ3v) is 7.34. The van der Waals surface area contributed by atoms with Gasteiger partial charge in [0.05, 0.1) is 53.0 Å². The lowest BCUT2D eigenvalue weighted by atomic mass is 9.86. The van der Waals surface area contributed by atoms with Crippen LogP contribution in [0.2, 0.25) is 0 Å². The second-order valence-corrected chi connectivity index (χ2v) is 9.45. The Labute approximate surface area is 226 Å². The monoisotopic (exact) mass is 536 g/mol. The molecule has 2 aliphatic rings. The number of aliphatic hydroxyl groups excluding tert-OH is 3. The van der Waals surface area contributed by atoms with E-state index in [2.05, 4.69) is 0 Å². The highest BCUT2D eigenvalue weighted by molar-refractivity contribution is 5.63. The second kappa shape index (κ2) is 11.1. The Balaban J connectivity index is 1.55. The van der Waals surface area contributed by atoms with Crippen molar-refractivity contribution in [3.8, 4) is 34.5 Å². The molecule has 0 fully saturated rings. The number of hydrogen-bond donors (Lipinski definition) is 4. The molecule has 206 valence electrons. The van der Waals surface area contributed by atoms with Crippen LogP contribution in [0.3, 0.4) is 0 Å². The number of methoxy groups -OCH3 is 3. The van der Waals surface area contributed by atoms with Crippen LogP contribution in [0.1, 0.15) is 51.9 Å². The quantitative estimate of drug-likeness (QED) is 0.323. The smallest absolute Gasteiger partial charge is 0.165 e. The van der Waals surface area contributed by atoms with E-state index in [4.69, 9.17) is 23.7 Å². The number of ether oxygens (including phenoxy) is 5. The van der Waals surface area contributed by atoms with Gasteiger partial charge in [-0.05, 0) is 53.1 Å². The van der Waals surface area contributed by atoms with Crippen molar-refractivity contribution in [1.29, 1.82) is 0 Å². The maximum absolute atomic E-state index is 10.4. The Morgan fingerprint density at radius 3 is 1.87 bits per heavy atom. The fourth-order valence-corrected chi connectivity index (χ4v) is 5.45. The Bertz CT molecular complexity index is 1380. The summed E-state index contributed by atoms with van der Waals surface area (Å²) in [6, 6.07) is 12.4. The second-order valence-electron chi connectivity index (χ2n) is 9.45. The Morgan fingerprint density at radius 2 is 1.28 bits per heavy atom. The number of rotatable bonds is 9. The van der Waals surface area contributed by atoms with Crippen molar-refractivity contribution >= 4 is 6.08 Å². The first-order valence-corrected chi connectivity index (χ1v) is 12.6. The minimum atomic E-state index is -0.553. The normalized spacial score (nSPS) is 21.3. The molecular weight excluding hydrogens is 504 g/mol. The summed E-state index contributed by atoms with van der Waals surface area (Å²) in [5, 5.41) is 40.1. The number of aromatic hydroxyl groups is 1. The van der Waals surface area contributed by atoms with E-state index in [-0.39, 0.29) is 25.6 Å². The first kappa shape index (κ1) is 26.7. The Kier molecular flexibility index (Phi) is 7.56. The van der Waals surface area contributed by atoms with Gasteiger partial charge in [0.2, 0.25) is 0 Å². The number of benzene rings is 3. The molecule has 0 bridgehead atoms. The first-order chi connectivity index (χ1) is 19.0. The van der Waals surface area contributed by atoms with Gasteiger partial charge in [-0.3, -0.25) is 0 Å². The van der Waals surface area contributed by atoms with Crippen molar-refractivity contribution in [2.75, 3.05) is 41.2 Å². The molecule has 4 atom stereocenters. The average Bonchev–Trinajstić information content (AvgIpc) is 3.53. The van der Waals surface area contributed by atoms with E-state index in [0.717, 1.165) is 27.8 Å².